The lowest BCUT2D eigenvalue weighted by Crippen LogP contribution is -2.17. The molecule has 0 fully saturated rings. The van der Waals surface area contributed by atoms with Crippen LogP contribution >= 0.6 is 34.5 Å². The van der Waals surface area contributed by atoms with Gasteiger partial charge in [-0.05, 0) is 30.7 Å². The zero-order valence-corrected chi connectivity index (χ0v) is 17.9. The molecule has 0 aliphatic rings. The predicted molar refractivity (Wildman–Crippen MR) is 116 cm³/mol. The van der Waals surface area contributed by atoms with E-state index in [0.29, 0.717) is 21.4 Å². The van der Waals surface area contributed by atoms with Crippen molar-refractivity contribution in [2.45, 2.75) is 19.5 Å². The third kappa shape index (κ3) is 4.64. The van der Waals surface area contributed by atoms with E-state index in [9.17, 15) is 8.78 Å². The summed E-state index contributed by atoms with van der Waals surface area (Å²) >= 11 is 13.6. The van der Waals surface area contributed by atoms with Crippen LogP contribution in [0.2, 0.25) is 10.0 Å². The molecule has 4 nitrogen and oxygen atoms in total. The van der Waals surface area contributed by atoms with Crippen LogP contribution in [0.5, 0.6) is 0 Å². The molecule has 0 spiro atoms. The Morgan fingerprint density at radius 2 is 1.90 bits per heavy atom. The molecule has 4 aromatic rings. The van der Waals surface area contributed by atoms with E-state index >= 15 is 0 Å². The Morgan fingerprint density at radius 3 is 2.63 bits per heavy atom. The number of thiazole rings is 1. The van der Waals surface area contributed by atoms with Gasteiger partial charge in [0.05, 0.1) is 22.1 Å². The van der Waals surface area contributed by atoms with Gasteiger partial charge in [0.2, 0.25) is 0 Å². The second-order valence-corrected chi connectivity index (χ2v) is 8.20. The van der Waals surface area contributed by atoms with Crippen LogP contribution in [-0.4, -0.2) is 14.1 Å². The maximum Gasteiger partial charge on any atom is 0.190 e. The summed E-state index contributed by atoms with van der Waals surface area (Å²) in [5.41, 5.74) is 1.86. The SMILES string of the molecule is Fc1ccc(N=c2scc(-c3ccc(Cl)c(Cl)c3)n2CCCn2ccnc2)c(F)c1. The van der Waals surface area contributed by atoms with E-state index in [4.69, 9.17) is 23.2 Å². The maximum absolute atomic E-state index is 14.2. The van der Waals surface area contributed by atoms with Gasteiger partial charge in [-0.1, -0.05) is 29.3 Å². The first-order chi connectivity index (χ1) is 14.5. The lowest BCUT2D eigenvalue weighted by atomic mass is 10.1. The van der Waals surface area contributed by atoms with Crippen molar-refractivity contribution < 1.29 is 8.78 Å². The summed E-state index contributed by atoms with van der Waals surface area (Å²) in [4.78, 5) is 9.10. The van der Waals surface area contributed by atoms with Crippen LogP contribution in [0.3, 0.4) is 0 Å². The summed E-state index contributed by atoms with van der Waals surface area (Å²) in [5.74, 6) is -1.34. The van der Waals surface area contributed by atoms with Crippen molar-refractivity contribution in [2.24, 2.45) is 4.99 Å². The number of aromatic nitrogens is 3. The standard InChI is InChI=1S/C21H16Cl2F2N4S/c22-16-4-2-14(10-17(16)23)20-12-30-21(27-19-5-3-15(24)11-18(19)25)29(20)8-1-7-28-9-6-26-13-28/h2-6,9-13H,1,7-8H2. The Hall–Kier alpha value is -2.48. The molecule has 0 saturated carbocycles. The highest BCUT2D eigenvalue weighted by atomic mass is 35.5. The number of rotatable bonds is 6. The van der Waals surface area contributed by atoms with Crippen LogP contribution in [0.15, 0.2) is 65.5 Å². The van der Waals surface area contributed by atoms with Gasteiger partial charge in [-0.25, -0.2) is 18.8 Å². The molecule has 4 rings (SSSR count). The second-order valence-electron chi connectivity index (χ2n) is 6.55. The van der Waals surface area contributed by atoms with Gasteiger partial charge >= 0.3 is 0 Å². The fraction of sp³-hybridized carbons (Fsp3) is 0.143. The lowest BCUT2D eigenvalue weighted by molar-refractivity contribution is 0.557. The van der Waals surface area contributed by atoms with Gasteiger partial charge in [0, 0.05) is 42.5 Å². The summed E-state index contributed by atoms with van der Waals surface area (Å²) < 4.78 is 31.4. The summed E-state index contributed by atoms with van der Waals surface area (Å²) in [6, 6.07) is 8.77. The molecule has 0 amide bonds. The van der Waals surface area contributed by atoms with E-state index in [0.717, 1.165) is 30.3 Å². The molecular formula is C21H16Cl2F2N4S. The van der Waals surface area contributed by atoms with E-state index in [1.807, 2.05) is 26.8 Å². The van der Waals surface area contributed by atoms with Crippen molar-refractivity contribution in [3.05, 3.63) is 87.0 Å². The predicted octanol–water partition coefficient (Wildman–Crippen LogP) is 6.32. The molecule has 30 heavy (non-hydrogen) atoms. The monoisotopic (exact) mass is 464 g/mol. The van der Waals surface area contributed by atoms with Gasteiger partial charge in [-0.2, -0.15) is 0 Å². The van der Waals surface area contributed by atoms with Crippen LogP contribution < -0.4 is 4.80 Å². The molecule has 2 aromatic carbocycles. The molecule has 0 radical (unpaired) electrons. The van der Waals surface area contributed by atoms with Crippen LogP contribution in [0.4, 0.5) is 14.5 Å². The van der Waals surface area contributed by atoms with Gasteiger partial charge in [-0.3, -0.25) is 0 Å². The Bertz CT molecular complexity index is 1230. The molecule has 0 aliphatic heterocycles. The number of hydrogen-bond acceptors (Lipinski definition) is 3. The average Bonchev–Trinajstić information content (AvgIpc) is 3.37. The van der Waals surface area contributed by atoms with E-state index in [-0.39, 0.29) is 5.69 Å². The number of nitrogens with zero attached hydrogens (tertiary/aromatic N) is 4. The fourth-order valence-corrected chi connectivity index (χ4v) is 4.27. The number of imidazole rings is 1. The number of aryl methyl sites for hydroxylation is 1. The number of hydrogen-bond donors (Lipinski definition) is 0. The largest absolute Gasteiger partial charge is 0.337 e. The van der Waals surface area contributed by atoms with Gasteiger partial charge in [-0.15, -0.1) is 11.3 Å². The Morgan fingerprint density at radius 1 is 1.03 bits per heavy atom. The molecule has 154 valence electrons. The topological polar surface area (TPSA) is 35.1 Å². The molecule has 9 heteroatoms. The van der Waals surface area contributed by atoms with Crippen LogP contribution in [-0.2, 0) is 13.1 Å². The van der Waals surface area contributed by atoms with E-state index in [1.165, 1.54) is 23.5 Å². The summed E-state index contributed by atoms with van der Waals surface area (Å²) in [5, 5.41) is 2.87. The van der Waals surface area contributed by atoms with E-state index in [1.54, 1.807) is 24.7 Å². The van der Waals surface area contributed by atoms with Crippen LogP contribution in [0, 0.1) is 11.6 Å². The zero-order chi connectivity index (χ0) is 21.1. The highest BCUT2D eigenvalue weighted by Crippen LogP contribution is 2.29. The molecule has 2 heterocycles. The van der Waals surface area contributed by atoms with Crippen molar-refractivity contribution >= 4 is 40.2 Å². The lowest BCUT2D eigenvalue weighted by Gasteiger charge is -2.10. The smallest absolute Gasteiger partial charge is 0.190 e. The Balaban J connectivity index is 1.74. The van der Waals surface area contributed by atoms with Gasteiger partial charge in [0.1, 0.15) is 11.5 Å². The highest BCUT2D eigenvalue weighted by Gasteiger charge is 2.11. The minimum Gasteiger partial charge on any atom is -0.337 e. The second kappa shape index (κ2) is 9.12. The highest BCUT2D eigenvalue weighted by molar-refractivity contribution is 7.07. The van der Waals surface area contributed by atoms with Crippen molar-refractivity contribution in [1.82, 2.24) is 14.1 Å². The molecule has 0 aliphatic carbocycles. The van der Waals surface area contributed by atoms with Crippen LogP contribution in [0.1, 0.15) is 6.42 Å². The normalized spacial score (nSPS) is 11.9. The Kier molecular flexibility index (Phi) is 6.32. The van der Waals surface area contributed by atoms with E-state index in [2.05, 4.69) is 9.98 Å². The van der Waals surface area contributed by atoms with Crippen molar-refractivity contribution in [3.63, 3.8) is 0 Å². The van der Waals surface area contributed by atoms with Gasteiger partial charge in [0.25, 0.3) is 0 Å². The van der Waals surface area contributed by atoms with Crippen molar-refractivity contribution in [3.8, 4) is 11.3 Å². The first-order valence-corrected chi connectivity index (χ1v) is 10.7. The quantitative estimate of drug-likeness (QED) is 0.328. The summed E-state index contributed by atoms with van der Waals surface area (Å²) in [7, 11) is 0. The molecule has 2 aromatic heterocycles. The molecule has 0 atom stereocenters. The minimum absolute atomic E-state index is 0.0855. The van der Waals surface area contributed by atoms with Crippen molar-refractivity contribution in [1.29, 1.82) is 0 Å². The van der Waals surface area contributed by atoms with E-state index < -0.39 is 11.6 Å². The third-order valence-electron chi connectivity index (χ3n) is 4.50. The first kappa shape index (κ1) is 20.8. The molecule has 0 saturated heterocycles. The first-order valence-electron chi connectivity index (χ1n) is 9.10. The minimum atomic E-state index is -0.704. The number of halogens is 4. The molecule has 0 bridgehead atoms. The Labute approximate surface area is 185 Å². The van der Waals surface area contributed by atoms with Gasteiger partial charge < -0.3 is 9.13 Å². The molecule has 0 N–H and O–H groups in total. The van der Waals surface area contributed by atoms with Gasteiger partial charge in [0.15, 0.2) is 10.6 Å². The summed E-state index contributed by atoms with van der Waals surface area (Å²) in [6.45, 7) is 1.41. The third-order valence-corrected chi connectivity index (χ3v) is 6.10. The number of benzene rings is 2. The maximum atomic E-state index is 14.2. The van der Waals surface area contributed by atoms with Crippen molar-refractivity contribution in [2.75, 3.05) is 0 Å². The summed E-state index contributed by atoms with van der Waals surface area (Å²) in [6.07, 6.45) is 6.20. The van der Waals surface area contributed by atoms with Crippen LogP contribution in [0.25, 0.3) is 11.3 Å². The molecular weight excluding hydrogens is 449 g/mol. The molecule has 0 unspecified atom stereocenters. The average molecular weight is 465 g/mol. The fourth-order valence-electron chi connectivity index (χ4n) is 3.03. The zero-order valence-electron chi connectivity index (χ0n) is 15.6.